The topological polar surface area (TPSA) is 200 Å². The van der Waals surface area contributed by atoms with E-state index in [2.05, 4.69) is 5.32 Å². The molecule has 0 bridgehead atoms. The van der Waals surface area contributed by atoms with E-state index in [9.17, 15) is 23.1 Å². The molecule has 0 atom stereocenters. The monoisotopic (exact) mass is 515 g/mol. The fraction of sp³-hybridized carbons (Fsp3) is 0.125. The lowest BCUT2D eigenvalue weighted by Crippen LogP contribution is -2.15. The van der Waals surface area contributed by atoms with Crippen LogP contribution < -0.4 is 15.8 Å². The van der Waals surface area contributed by atoms with Gasteiger partial charge in [0.1, 0.15) is 18.2 Å². The predicted molar refractivity (Wildman–Crippen MR) is 134 cm³/mol. The maximum absolute atomic E-state index is 12.9. The number of hydrogen-bond donors (Lipinski definition) is 6. The Morgan fingerprint density at radius 2 is 1.58 bits per heavy atom. The number of nitrogens with one attached hydrogen (secondary N) is 2. The van der Waals surface area contributed by atoms with Gasteiger partial charge < -0.3 is 26.0 Å². The normalized spacial score (nSPS) is 10.5. The zero-order valence-corrected chi connectivity index (χ0v) is 20.0. The summed E-state index contributed by atoms with van der Waals surface area (Å²) in [7, 11) is -3.67. The van der Waals surface area contributed by atoms with Gasteiger partial charge in [-0.15, -0.1) is 0 Å². The van der Waals surface area contributed by atoms with Gasteiger partial charge in [0.25, 0.3) is 16.0 Å². The molecule has 0 aliphatic rings. The second-order valence-electron chi connectivity index (χ2n) is 7.31. The van der Waals surface area contributed by atoms with Gasteiger partial charge in [0.2, 0.25) is 0 Å². The first-order valence-corrected chi connectivity index (χ1v) is 12.1. The molecule has 0 spiro atoms. The highest BCUT2D eigenvalue weighted by Crippen LogP contribution is 2.31. The average Bonchev–Trinajstić information content (AvgIpc) is 2.81. The number of amides is 1. The second-order valence-corrected chi connectivity index (χ2v) is 8.77. The van der Waals surface area contributed by atoms with Crippen LogP contribution in [0.2, 0.25) is 0 Å². The number of anilines is 1. The van der Waals surface area contributed by atoms with Crippen LogP contribution in [0.15, 0.2) is 66.7 Å². The van der Waals surface area contributed by atoms with E-state index in [0.717, 1.165) is 0 Å². The smallest absolute Gasteiger partial charge is 0.336 e. The van der Waals surface area contributed by atoms with E-state index in [1.165, 1.54) is 6.07 Å². The third-order valence-corrected chi connectivity index (χ3v) is 4.50. The molecule has 0 saturated carbocycles. The van der Waals surface area contributed by atoms with Crippen LogP contribution in [0.3, 0.4) is 0 Å². The highest BCUT2D eigenvalue weighted by molar-refractivity contribution is 7.85. The third-order valence-electron chi connectivity index (χ3n) is 4.50. The summed E-state index contributed by atoms with van der Waals surface area (Å²) in [6, 6.07) is 17.7. The molecule has 1 amide bonds. The molecule has 0 aliphatic carbocycles. The number of ether oxygens (including phenoxy) is 1. The van der Waals surface area contributed by atoms with Crippen LogP contribution >= 0.6 is 0 Å². The Bertz CT molecular complexity index is 1350. The maximum Gasteiger partial charge on any atom is 0.336 e. The molecule has 0 unspecified atom stereocenters. The van der Waals surface area contributed by atoms with Crippen LogP contribution in [0.25, 0.3) is 11.1 Å². The average molecular weight is 516 g/mol. The number of rotatable bonds is 8. The number of aromatic carboxylic acids is 1. The van der Waals surface area contributed by atoms with Gasteiger partial charge in [-0.1, -0.05) is 18.2 Å². The highest BCUT2D eigenvalue weighted by atomic mass is 32.2. The van der Waals surface area contributed by atoms with Crippen molar-refractivity contribution in [2.75, 3.05) is 24.8 Å². The predicted octanol–water partition coefficient (Wildman–Crippen LogP) is 2.46. The number of benzene rings is 3. The van der Waals surface area contributed by atoms with Crippen LogP contribution in [0.1, 0.15) is 26.3 Å². The zero-order valence-electron chi connectivity index (χ0n) is 19.1. The Labute approximate surface area is 207 Å². The minimum Gasteiger partial charge on any atom is -0.491 e. The third kappa shape index (κ3) is 8.51. The number of carbonyl (C=O) groups excluding carboxylic acids is 1. The van der Waals surface area contributed by atoms with Gasteiger partial charge in [-0.2, -0.15) is 8.42 Å². The quantitative estimate of drug-likeness (QED) is 0.148. The molecule has 3 aromatic rings. The van der Waals surface area contributed by atoms with E-state index in [1.54, 1.807) is 60.7 Å². The number of aliphatic hydroxyl groups is 1. The Morgan fingerprint density at radius 1 is 1.00 bits per heavy atom. The summed E-state index contributed by atoms with van der Waals surface area (Å²) in [4.78, 5) is 24.8. The number of aliphatic hydroxyl groups excluding tert-OH is 1. The Balaban J connectivity index is 0.000000830. The van der Waals surface area contributed by atoms with E-state index in [-0.39, 0.29) is 24.6 Å². The van der Waals surface area contributed by atoms with Crippen LogP contribution in [0.5, 0.6) is 5.75 Å². The summed E-state index contributed by atoms with van der Waals surface area (Å²) in [5, 5.41) is 28.8. The lowest BCUT2D eigenvalue weighted by atomic mass is 9.94. The number of nitrogen functional groups attached to an aromatic ring is 1. The number of carbonyl (C=O) groups is 2. The van der Waals surface area contributed by atoms with Gasteiger partial charge in [0, 0.05) is 16.8 Å². The zero-order chi connectivity index (χ0) is 26.9. The summed E-state index contributed by atoms with van der Waals surface area (Å²) >= 11 is 0. The van der Waals surface area contributed by atoms with Crippen LogP contribution in [0, 0.1) is 5.41 Å². The number of carboxylic acids is 1. The molecule has 0 fully saturated rings. The van der Waals surface area contributed by atoms with E-state index in [0.29, 0.717) is 39.9 Å². The van der Waals surface area contributed by atoms with Crippen LogP contribution in [0.4, 0.5) is 5.69 Å². The first kappa shape index (κ1) is 28.0. The molecule has 0 heterocycles. The van der Waals surface area contributed by atoms with E-state index < -0.39 is 22.0 Å². The Kier molecular flexibility index (Phi) is 9.67. The molecule has 190 valence electrons. The number of hydrogen-bond acceptors (Lipinski definition) is 7. The van der Waals surface area contributed by atoms with Gasteiger partial charge >= 0.3 is 5.97 Å². The molecule has 3 aromatic carbocycles. The van der Waals surface area contributed by atoms with Crippen molar-refractivity contribution in [3.63, 3.8) is 0 Å². The minimum atomic E-state index is -3.67. The number of nitrogens with two attached hydrogens (primary N) is 1. The van der Waals surface area contributed by atoms with Crippen molar-refractivity contribution in [3.8, 4) is 16.9 Å². The fourth-order valence-corrected chi connectivity index (χ4v) is 3.04. The number of carboxylic acid groups (broad SMARTS) is 1. The van der Waals surface area contributed by atoms with Crippen molar-refractivity contribution in [3.05, 3.63) is 83.4 Å². The molecule has 3 rings (SSSR count). The maximum atomic E-state index is 12.9. The van der Waals surface area contributed by atoms with Gasteiger partial charge in [-0.3, -0.25) is 14.8 Å². The summed E-state index contributed by atoms with van der Waals surface area (Å²) < 4.78 is 31.2. The van der Waals surface area contributed by atoms with E-state index >= 15 is 0 Å². The highest BCUT2D eigenvalue weighted by Gasteiger charge is 2.19. The summed E-state index contributed by atoms with van der Waals surface area (Å²) in [5.74, 6) is -1.35. The molecule has 36 heavy (non-hydrogen) atoms. The van der Waals surface area contributed by atoms with Crippen molar-refractivity contribution >= 4 is 33.5 Å². The van der Waals surface area contributed by atoms with Gasteiger partial charge in [0.05, 0.1) is 18.4 Å². The molecular formula is C24H25N3O8S. The van der Waals surface area contributed by atoms with E-state index in [4.69, 9.17) is 25.5 Å². The molecular weight excluding hydrogens is 490 g/mol. The molecule has 0 saturated heterocycles. The lowest BCUT2D eigenvalue weighted by Gasteiger charge is -2.14. The van der Waals surface area contributed by atoms with Gasteiger partial charge in [-0.05, 0) is 59.7 Å². The van der Waals surface area contributed by atoms with Crippen molar-refractivity contribution in [2.45, 2.75) is 0 Å². The summed E-state index contributed by atoms with van der Waals surface area (Å²) in [6.07, 6.45) is 0.715. The van der Waals surface area contributed by atoms with Crippen LogP contribution in [-0.2, 0) is 10.1 Å². The largest absolute Gasteiger partial charge is 0.491 e. The van der Waals surface area contributed by atoms with Gasteiger partial charge in [0.15, 0.2) is 0 Å². The van der Waals surface area contributed by atoms with Crippen LogP contribution in [-0.4, -0.2) is 60.4 Å². The van der Waals surface area contributed by atoms with Gasteiger partial charge in [-0.25, -0.2) is 4.79 Å². The number of amidine groups is 1. The Morgan fingerprint density at radius 3 is 2.14 bits per heavy atom. The molecule has 12 heteroatoms. The molecule has 0 aromatic heterocycles. The standard InChI is InChI=1S/C23H21N3O5.CH4O3S/c24-21(25)14-5-7-15(8-6-14)26-22(28)19-4-2-1-3-17(19)18-10-9-16(31-12-11-27)13-20(18)23(29)30;1-5(2,3)4/h1-10,13,27H,11-12H2,(H3,24,25)(H,26,28)(H,29,30);1H3,(H,2,3,4). The van der Waals surface area contributed by atoms with Crippen molar-refractivity contribution in [1.82, 2.24) is 0 Å². The summed E-state index contributed by atoms with van der Waals surface area (Å²) in [6.45, 7) is -0.152. The lowest BCUT2D eigenvalue weighted by molar-refractivity contribution is 0.0696. The van der Waals surface area contributed by atoms with Crippen molar-refractivity contribution in [2.24, 2.45) is 5.73 Å². The van der Waals surface area contributed by atoms with Crippen molar-refractivity contribution < 1.29 is 37.5 Å². The minimum absolute atomic E-state index is 0.0264. The fourth-order valence-electron chi connectivity index (χ4n) is 3.04. The molecule has 7 N–H and O–H groups in total. The SMILES string of the molecule is CS(=O)(=O)O.N=C(N)c1ccc(NC(=O)c2ccccc2-c2ccc(OCCO)cc2C(=O)O)cc1. The molecule has 0 aliphatic heterocycles. The van der Waals surface area contributed by atoms with Crippen molar-refractivity contribution in [1.29, 1.82) is 5.41 Å². The molecule has 11 nitrogen and oxygen atoms in total. The first-order valence-electron chi connectivity index (χ1n) is 10.3. The van der Waals surface area contributed by atoms with E-state index in [1.807, 2.05) is 0 Å². The second kappa shape index (κ2) is 12.4. The Hall–Kier alpha value is -4.26. The summed E-state index contributed by atoms with van der Waals surface area (Å²) in [5.41, 5.74) is 7.57. The molecule has 0 radical (unpaired) electrons. The first-order chi connectivity index (χ1) is 16.9.